The zero-order valence-electron chi connectivity index (χ0n) is 11.2. The van der Waals surface area contributed by atoms with Crippen molar-refractivity contribution in [3.63, 3.8) is 0 Å². The van der Waals surface area contributed by atoms with Crippen LogP contribution in [0.4, 0.5) is 0 Å². The van der Waals surface area contributed by atoms with Crippen LogP contribution in [-0.4, -0.2) is 27.5 Å². The quantitative estimate of drug-likeness (QED) is 0.886. The Hall–Kier alpha value is -1.43. The van der Waals surface area contributed by atoms with Gasteiger partial charge in [0.2, 0.25) is 0 Å². The SMILES string of the molecule is CC1(NC(=O)c2cncc(Br)c2)CCCCC1C(=O)O. The number of hydrogen-bond acceptors (Lipinski definition) is 3. The van der Waals surface area contributed by atoms with Crippen molar-refractivity contribution in [2.45, 2.75) is 38.1 Å². The van der Waals surface area contributed by atoms with Crippen molar-refractivity contribution in [3.05, 3.63) is 28.5 Å². The summed E-state index contributed by atoms with van der Waals surface area (Å²) in [6.07, 6.45) is 6.17. The molecule has 2 unspecified atom stereocenters. The summed E-state index contributed by atoms with van der Waals surface area (Å²) in [4.78, 5) is 27.6. The predicted molar refractivity (Wildman–Crippen MR) is 77.4 cm³/mol. The Morgan fingerprint density at radius 3 is 2.85 bits per heavy atom. The number of aromatic nitrogens is 1. The van der Waals surface area contributed by atoms with Crippen LogP contribution in [0.1, 0.15) is 43.0 Å². The van der Waals surface area contributed by atoms with Crippen molar-refractivity contribution in [3.8, 4) is 0 Å². The van der Waals surface area contributed by atoms with Crippen LogP contribution in [0.25, 0.3) is 0 Å². The molecule has 0 saturated heterocycles. The van der Waals surface area contributed by atoms with Crippen LogP contribution < -0.4 is 5.32 Å². The van der Waals surface area contributed by atoms with Crippen LogP contribution in [-0.2, 0) is 4.79 Å². The highest BCUT2D eigenvalue weighted by atomic mass is 79.9. The molecule has 1 aromatic rings. The number of carbonyl (C=O) groups is 2. The molecule has 0 spiro atoms. The highest BCUT2D eigenvalue weighted by molar-refractivity contribution is 9.10. The number of pyridine rings is 1. The van der Waals surface area contributed by atoms with Gasteiger partial charge < -0.3 is 10.4 Å². The molecular weight excluding hydrogens is 324 g/mol. The van der Waals surface area contributed by atoms with Crippen molar-refractivity contribution in [1.82, 2.24) is 10.3 Å². The fourth-order valence-electron chi connectivity index (χ4n) is 2.75. The van der Waals surface area contributed by atoms with Crippen LogP contribution in [0.15, 0.2) is 22.9 Å². The summed E-state index contributed by atoms with van der Waals surface area (Å²) in [5, 5.41) is 12.2. The third-order valence-corrected chi connectivity index (χ3v) is 4.31. The molecule has 1 amide bonds. The minimum absolute atomic E-state index is 0.283. The van der Waals surface area contributed by atoms with Crippen LogP contribution in [0.2, 0.25) is 0 Å². The van der Waals surface area contributed by atoms with Crippen molar-refractivity contribution >= 4 is 27.8 Å². The average molecular weight is 341 g/mol. The average Bonchev–Trinajstić information content (AvgIpc) is 2.38. The van der Waals surface area contributed by atoms with Gasteiger partial charge in [-0.2, -0.15) is 0 Å². The second-order valence-electron chi connectivity index (χ2n) is 5.40. The van der Waals surface area contributed by atoms with Crippen LogP contribution in [0.5, 0.6) is 0 Å². The van der Waals surface area contributed by atoms with Crippen molar-refractivity contribution in [2.75, 3.05) is 0 Å². The number of nitrogens with one attached hydrogen (secondary N) is 1. The summed E-state index contributed by atoms with van der Waals surface area (Å²) in [7, 11) is 0. The van der Waals surface area contributed by atoms with E-state index in [2.05, 4.69) is 26.2 Å². The van der Waals surface area contributed by atoms with Crippen LogP contribution >= 0.6 is 15.9 Å². The van der Waals surface area contributed by atoms with Gasteiger partial charge in [-0.1, -0.05) is 12.8 Å². The maximum atomic E-state index is 12.3. The third-order valence-electron chi connectivity index (χ3n) is 3.87. The van der Waals surface area contributed by atoms with Gasteiger partial charge in [0, 0.05) is 16.9 Å². The lowest BCUT2D eigenvalue weighted by Gasteiger charge is -2.39. The number of nitrogens with zero attached hydrogens (tertiary/aromatic N) is 1. The van der Waals surface area contributed by atoms with Gasteiger partial charge in [0.05, 0.1) is 17.0 Å². The number of amides is 1. The summed E-state index contributed by atoms with van der Waals surface area (Å²) in [5.41, 5.74) is -0.279. The maximum Gasteiger partial charge on any atom is 0.308 e. The summed E-state index contributed by atoms with van der Waals surface area (Å²) >= 11 is 3.27. The van der Waals surface area contributed by atoms with Gasteiger partial charge in [-0.05, 0) is 41.8 Å². The van der Waals surface area contributed by atoms with E-state index in [0.717, 1.165) is 12.8 Å². The van der Waals surface area contributed by atoms with Crippen molar-refractivity contribution < 1.29 is 14.7 Å². The highest BCUT2D eigenvalue weighted by Gasteiger charge is 2.42. The zero-order valence-corrected chi connectivity index (χ0v) is 12.8. The van der Waals surface area contributed by atoms with E-state index < -0.39 is 17.4 Å². The Kier molecular flexibility index (Phi) is 4.42. The predicted octanol–water partition coefficient (Wildman–Crippen LogP) is 2.61. The van der Waals surface area contributed by atoms with E-state index >= 15 is 0 Å². The van der Waals surface area contributed by atoms with E-state index in [0.29, 0.717) is 22.9 Å². The summed E-state index contributed by atoms with van der Waals surface area (Å²) in [6.45, 7) is 1.81. The van der Waals surface area contributed by atoms with E-state index in [4.69, 9.17) is 0 Å². The monoisotopic (exact) mass is 340 g/mol. The first-order valence-electron chi connectivity index (χ1n) is 6.58. The van der Waals surface area contributed by atoms with Gasteiger partial charge in [-0.3, -0.25) is 14.6 Å². The molecule has 20 heavy (non-hydrogen) atoms. The Bertz CT molecular complexity index is 535. The number of rotatable bonds is 3. The normalized spacial score (nSPS) is 26.0. The van der Waals surface area contributed by atoms with E-state index in [-0.39, 0.29) is 5.91 Å². The first-order chi connectivity index (χ1) is 9.42. The highest BCUT2D eigenvalue weighted by Crippen LogP contribution is 2.34. The molecule has 5 nitrogen and oxygen atoms in total. The molecule has 0 aliphatic heterocycles. The molecule has 1 fully saturated rings. The Morgan fingerprint density at radius 2 is 2.20 bits per heavy atom. The molecule has 1 saturated carbocycles. The first kappa shape index (κ1) is 15.0. The standard InChI is InChI=1S/C14H17BrN2O3/c1-14(5-3-2-4-11(14)13(19)20)17-12(18)9-6-10(15)8-16-7-9/h6-8,11H,2-5H2,1H3,(H,17,18)(H,19,20). The summed E-state index contributed by atoms with van der Waals surface area (Å²) in [5.74, 6) is -1.67. The molecule has 2 N–H and O–H groups in total. The lowest BCUT2D eigenvalue weighted by molar-refractivity contribution is -0.145. The molecule has 1 aliphatic rings. The second-order valence-corrected chi connectivity index (χ2v) is 6.32. The number of carboxylic acid groups (broad SMARTS) is 1. The fourth-order valence-corrected chi connectivity index (χ4v) is 3.11. The van der Waals surface area contributed by atoms with Crippen LogP contribution in [0, 0.1) is 5.92 Å². The Labute approximate surface area is 125 Å². The molecule has 1 heterocycles. The number of carboxylic acids is 1. The number of hydrogen-bond donors (Lipinski definition) is 2. The third kappa shape index (κ3) is 3.17. The number of aliphatic carboxylic acids is 1. The van der Waals surface area contributed by atoms with Gasteiger partial charge in [0.15, 0.2) is 0 Å². The Morgan fingerprint density at radius 1 is 1.45 bits per heavy atom. The van der Waals surface area contributed by atoms with Crippen LogP contribution in [0.3, 0.4) is 0 Å². The molecule has 1 aromatic heterocycles. The molecule has 0 bridgehead atoms. The molecule has 1 aliphatic carbocycles. The number of halogens is 1. The molecule has 2 rings (SSSR count). The molecular formula is C14H17BrN2O3. The molecule has 0 aromatic carbocycles. The van der Waals surface area contributed by atoms with Gasteiger partial charge in [-0.15, -0.1) is 0 Å². The summed E-state index contributed by atoms with van der Waals surface area (Å²) < 4.78 is 0.716. The zero-order chi connectivity index (χ0) is 14.8. The lowest BCUT2D eigenvalue weighted by atomic mass is 9.74. The van der Waals surface area contributed by atoms with E-state index in [1.807, 2.05) is 6.92 Å². The van der Waals surface area contributed by atoms with E-state index in [1.54, 1.807) is 12.3 Å². The van der Waals surface area contributed by atoms with Gasteiger partial charge in [0.1, 0.15) is 0 Å². The minimum Gasteiger partial charge on any atom is -0.481 e. The van der Waals surface area contributed by atoms with Gasteiger partial charge >= 0.3 is 5.97 Å². The van der Waals surface area contributed by atoms with E-state index in [1.165, 1.54) is 6.20 Å². The molecule has 108 valence electrons. The summed E-state index contributed by atoms with van der Waals surface area (Å²) in [6, 6.07) is 1.67. The molecule has 0 radical (unpaired) electrons. The maximum absolute atomic E-state index is 12.3. The molecule has 2 atom stereocenters. The van der Waals surface area contributed by atoms with Gasteiger partial charge in [0.25, 0.3) is 5.91 Å². The first-order valence-corrected chi connectivity index (χ1v) is 7.37. The Balaban J connectivity index is 2.18. The van der Waals surface area contributed by atoms with Crippen molar-refractivity contribution in [1.29, 1.82) is 0 Å². The lowest BCUT2D eigenvalue weighted by Crippen LogP contribution is -2.55. The number of carbonyl (C=O) groups excluding carboxylic acids is 1. The largest absolute Gasteiger partial charge is 0.481 e. The van der Waals surface area contributed by atoms with Crippen molar-refractivity contribution in [2.24, 2.45) is 5.92 Å². The molecule has 6 heteroatoms. The smallest absolute Gasteiger partial charge is 0.308 e. The fraction of sp³-hybridized carbons (Fsp3) is 0.500. The van der Waals surface area contributed by atoms with E-state index in [9.17, 15) is 14.7 Å². The second kappa shape index (κ2) is 5.91. The van der Waals surface area contributed by atoms with Gasteiger partial charge in [-0.25, -0.2) is 0 Å². The topological polar surface area (TPSA) is 79.3 Å². The minimum atomic E-state index is -0.847.